The van der Waals surface area contributed by atoms with E-state index in [1.807, 2.05) is 0 Å². The molecule has 0 saturated heterocycles. The van der Waals surface area contributed by atoms with E-state index in [9.17, 15) is 19.2 Å². The number of Topliss-reactive ketones (excluding diaryl/α,β-unsaturated/α-hetero) is 2. The number of rotatable bonds is 6. The van der Waals surface area contributed by atoms with Crippen LogP contribution < -0.4 is 10.6 Å². The predicted molar refractivity (Wildman–Crippen MR) is 105 cm³/mol. The summed E-state index contributed by atoms with van der Waals surface area (Å²) in [5.74, 6) is 0.648. The number of amides is 2. The highest BCUT2D eigenvalue weighted by Crippen LogP contribution is 2.33. The first-order valence-corrected chi connectivity index (χ1v) is 10.9. The second kappa shape index (κ2) is 9.19. The Morgan fingerprint density at radius 3 is 1.46 bits per heavy atom. The standard InChI is InChI=1S/C22H34N2O4/c1-13(25)15-5-8-19(9-6-15)23-21(27)17-3-4-18(11-17)22(28)24-20-10-7-16(12-20)14(2)26/h15-20H,3-12H2,1-2H3,(H,23,27)(H,24,28). The van der Waals surface area contributed by atoms with Crippen LogP contribution in [0.2, 0.25) is 0 Å². The smallest absolute Gasteiger partial charge is 0.223 e. The van der Waals surface area contributed by atoms with E-state index >= 15 is 0 Å². The molecule has 3 saturated carbocycles. The third-order valence-electron chi connectivity index (χ3n) is 7.18. The van der Waals surface area contributed by atoms with Crippen molar-refractivity contribution in [2.24, 2.45) is 23.7 Å². The summed E-state index contributed by atoms with van der Waals surface area (Å²) < 4.78 is 0. The third-order valence-corrected chi connectivity index (χ3v) is 7.18. The molecule has 0 bridgehead atoms. The fraction of sp³-hybridized carbons (Fsp3) is 0.818. The van der Waals surface area contributed by atoms with Crippen molar-refractivity contribution in [3.05, 3.63) is 0 Å². The molecule has 4 atom stereocenters. The fourth-order valence-electron chi connectivity index (χ4n) is 5.22. The molecule has 3 aliphatic carbocycles. The zero-order chi connectivity index (χ0) is 20.3. The van der Waals surface area contributed by atoms with Gasteiger partial charge >= 0.3 is 0 Å². The second-order valence-corrected chi connectivity index (χ2v) is 9.20. The summed E-state index contributed by atoms with van der Waals surface area (Å²) in [6, 6.07) is 0.267. The van der Waals surface area contributed by atoms with Crippen molar-refractivity contribution in [2.75, 3.05) is 0 Å². The minimum absolute atomic E-state index is 0.0477. The Bertz CT molecular complexity index is 624. The van der Waals surface area contributed by atoms with Crippen molar-refractivity contribution < 1.29 is 19.2 Å². The lowest BCUT2D eigenvalue weighted by Gasteiger charge is -2.28. The Hall–Kier alpha value is -1.72. The summed E-state index contributed by atoms with van der Waals surface area (Å²) in [7, 11) is 0. The van der Waals surface area contributed by atoms with Crippen LogP contribution in [0.1, 0.15) is 78.1 Å². The maximum absolute atomic E-state index is 12.6. The first-order chi connectivity index (χ1) is 13.3. The maximum Gasteiger partial charge on any atom is 0.223 e. The van der Waals surface area contributed by atoms with Crippen molar-refractivity contribution >= 4 is 23.4 Å². The first kappa shape index (κ1) is 21.0. The topological polar surface area (TPSA) is 92.3 Å². The van der Waals surface area contributed by atoms with Crippen LogP contribution >= 0.6 is 0 Å². The molecule has 0 aromatic carbocycles. The highest BCUT2D eigenvalue weighted by atomic mass is 16.2. The van der Waals surface area contributed by atoms with Crippen LogP contribution in [-0.2, 0) is 19.2 Å². The number of hydrogen-bond donors (Lipinski definition) is 2. The summed E-state index contributed by atoms with van der Waals surface area (Å²) in [5.41, 5.74) is 0. The number of ketones is 2. The molecule has 3 rings (SSSR count). The van der Waals surface area contributed by atoms with Crippen molar-refractivity contribution in [3.8, 4) is 0 Å². The van der Waals surface area contributed by atoms with Crippen LogP contribution in [0, 0.1) is 23.7 Å². The minimum Gasteiger partial charge on any atom is -0.353 e. The van der Waals surface area contributed by atoms with Gasteiger partial charge in [0.05, 0.1) is 0 Å². The van der Waals surface area contributed by atoms with E-state index in [0.29, 0.717) is 6.42 Å². The normalized spacial score (nSPS) is 35.4. The summed E-state index contributed by atoms with van der Waals surface area (Å²) in [5, 5.41) is 6.26. The molecule has 28 heavy (non-hydrogen) atoms. The van der Waals surface area contributed by atoms with Gasteiger partial charge in [0, 0.05) is 35.8 Å². The van der Waals surface area contributed by atoms with Gasteiger partial charge in [0.15, 0.2) is 0 Å². The van der Waals surface area contributed by atoms with Crippen LogP contribution in [0.25, 0.3) is 0 Å². The number of carbonyl (C=O) groups excluding carboxylic acids is 4. The largest absolute Gasteiger partial charge is 0.353 e. The Balaban J connectivity index is 1.40. The van der Waals surface area contributed by atoms with Gasteiger partial charge < -0.3 is 10.6 Å². The van der Waals surface area contributed by atoms with Gasteiger partial charge in [0.2, 0.25) is 11.8 Å². The third kappa shape index (κ3) is 5.21. The van der Waals surface area contributed by atoms with E-state index in [4.69, 9.17) is 0 Å². The van der Waals surface area contributed by atoms with Crippen LogP contribution in [0.4, 0.5) is 0 Å². The van der Waals surface area contributed by atoms with Gasteiger partial charge in [-0.25, -0.2) is 0 Å². The van der Waals surface area contributed by atoms with Gasteiger partial charge in [-0.3, -0.25) is 19.2 Å². The van der Waals surface area contributed by atoms with Crippen molar-refractivity contribution in [2.45, 2.75) is 90.1 Å². The Kier molecular flexibility index (Phi) is 6.89. The summed E-state index contributed by atoms with van der Waals surface area (Å²) >= 11 is 0. The van der Waals surface area contributed by atoms with Crippen LogP contribution in [0.3, 0.4) is 0 Å². The van der Waals surface area contributed by atoms with Crippen LogP contribution in [0.5, 0.6) is 0 Å². The monoisotopic (exact) mass is 390 g/mol. The lowest BCUT2D eigenvalue weighted by atomic mass is 9.84. The highest BCUT2D eigenvalue weighted by molar-refractivity contribution is 5.84. The maximum atomic E-state index is 12.6. The van der Waals surface area contributed by atoms with E-state index in [1.165, 1.54) is 0 Å². The zero-order valence-electron chi connectivity index (χ0n) is 17.2. The van der Waals surface area contributed by atoms with Gasteiger partial charge in [-0.15, -0.1) is 0 Å². The lowest BCUT2D eigenvalue weighted by Crippen LogP contribution is -2.41. The van der Waals surface area contributed by atoms with Gasteiger partial charge in [-0.1, -0.05) is 0 Å². The summed E-state index contributed by atoms with van der Waals surface area (Å²) in [6.45, 7) is 3.28. The number of hydrogen-bond acceptors (Lipinski definition) is 4. The molecular weight excluding hydrogens is 356 g/mol. The molecule has 3 fully saturated rings. The molecule has 0 aliphatic heterocycles. The molecule has 2 amide bonds. The Morgan fingerprint density at radius 1 is 0.536 bits per heavy atom. The molecule has 0 radical (unpaired) electrons. The molecule has 6 heteroatoms. The fourth-order valence-corrected chi connectivity index (χ4v) is 5.22. The van der Waals surface area contributed by atoms with Crippen molar-refractivity contribution in [1.29, 1.82) is 0 Å². The van der Waals surface area contributed by atoms with Gasteiger partial charge in [-0.05, 0) is 78.1 Å². The van der Waals surface area contributed by atoms with Crippen LogP contribution in [0.15, 0.2) is 0 Å². The predicted octanol–water partition coefficient (Wildman–Crippen LogP) is 2.54. The Labute approximate surface area is 167 Å². The highest BCUT2D eigenvalue weighted by Gasteiger charge is 2.37. The Morgan fingerprint density at radius 2 is 0.964 bits per heavy atom. The number of carbonyl (C=O) groups is 4. The molecule has 156 valence electrons. The van der Waals surface area contributed by atoms with Gasteiger partial charge in [0.1, 0.15) is 11.6 Å². The molecular formula is C22H34N2O4. The van der Waals surface area contributed by atoms with Crippen LogP contribution in [-0.4, -0.2) is 35.5 Å². The molecule has 2 N–H and O–H groups in total. The zero-order valence-corrected chi connectivity index (χ0v) is 17.2. The second-order valence-electron chi connectivity index (χ2n) is 9.20. The van der Waals surface area contributed by atoms with E-state index < -0.39 is 0 Å². The molecule has 3 aliphatic rings. The van der Waals surface area contributed by atoms with E-state index in [-0.39, 0.29) is 59.1 Å². The van der Waals surface area contributed by atoms with E-state index in [0.717, 1.165) is 57.8 Å². The average Bonchev–Trinajstić information content (AvgIpc) is 3.32. The van der Waals surface area contributed by atoms with E-state index in [1.54, 1.807) is 13.8 Å². The first-order valence-electron chi connectivity index (χ1n) is 10.9. The molecule has 0 aromatic heterocycles. The average molecular weight is 391 g/mol. The molecule has 4 unspecified atom stereocenters. The summed E-state index contributed by atoms with van der Waals surface area (Å²) in [4.78, 5) is 48.2. The molecule has 0 spiro atoms. The van der Waals surface area contributed by atoms with Gasteiger partial charge in [-0.2, -0.15) is 0 Å². The van der Waals surface area contributed by atoms with E-state index in [2.05, 4.69) is 10.6 Å². The van der Waals surface area contributed by atoms with Crippen molar-refractivity contribution in [3.63, 3.8) is 0 Å². The van der Waals surface area contributed by atoms with Crippen molar-refractivity contribution in [1.82, 2.24) is 10.6 Å². The number of nitrogens with one attached hydrogen (secondary N) is 2. The summed E-state index contributed by atoms with van der Waals surface area (Å²) in [6.07, 6.45) is 8.06. The molecule has 6 nitrogen and oxygen atoms in total. The molecule has 0 heterocycles. The quantitative estimate of drug-likeness (QED) is 0.729. The lowest BCUT2D eigenvalue weighted by molar-refractivity contribution is -0.127. The van der Waals surface area contributed by atoms with Gasteiger partial charge in [0.25, 0.3) is 0 Å². The molecule has 0 aromatic rings. The SMILES string of the molecule is CC(=O)C1CCC(NC(=O)C2CCC(C(=O)NC3CCC(C(C)=O)C3)C2)CC1. The minimum atomic E-state index is -0.0967.